The monoisotopic (exact) mass is 729 g/mol. The summed E-state index contributed by atoms with van der Waals surface area (Å²) in [5.74, 6) is -6.49. The van der Waals surface area contributed by atoms with Gasteiger partial charge >= 0.3 is 17.9 Å². The minimum absolute atomic E-state index is 0.0597. The third-order valence-corrected chi connectivity index (χ3v) is 10.6. The molecule has 0 aromatic heterocycles. The smallest absolute Gasteiger partial charge is 0.329 e. The summed E-state index contributed by atoms with van der Waals surface area (Å²) in [4.78, 5) is 89.0. The second kappa shape index (κ2) is 19.8. The number of cyclic esters (lactones) is 3. The molecule has 1 fully saturated rings. The topological polar surface area (TPSA) is 140 Å². The van der Waals surface area contributed by atoms with Crippen molar-refractivity contribution < 1.29 is 43.0 Å². The van der Waals surface area contributed by atoms with Crippen molar-refractivity contribution in [2.45, 2.75) is 131 Å². The van der Waals surface area contributed by atoms with E-state index in [0.717, 1.165) is 5.56 Å². The Bertz CT molecular complexity index is 1370. The van der Waals surface area contributed by atoms with Crippen molar-refractivity contribution >= 4 is 35.6 Å². The minimum atomic E-state index is -1.30. The van der Waals surface area contributed by atoms with E-state index in [1.54, 1.807) is 48.5 Å². The van der Waals surface area contributed by atoms with Crippen LogP contribution in [-0.4, -0.2) is 108 Å². The molecule has 12 nitrogen and oxygen atoms in total. The van der Waals surface area contributed by atoms with Crippen LogP contribution in [0.4, 0.5) is 0 Å². The quantitative estimate of drug-likeness (QED) is 0.243. The van der Waals surface area contributed by atoms with Crippen molar-refractivity contribution in [3.8, 4) is 0 Å². The molecule has 1 aliphatic rings. The maximum Gasteiger partial charge on any atom is 0.329 e. The third-order valence-electron chi connectivity index (χ3n) is 10.6. The summed E-state index contributed by atoms with van der Waals surface area (Å²) >= 11 is 0. The Morgan fingerprint density at radius 2 is 0.846 bits per heavy atom. The fourth-order valence-corrected chi connectivity index (χ4v) is 6.47. The van der Waals surface area contributed by atoms with Crippen LogP contribution in [0.25, 0.3) is 0 Å². The van der Waals surface area contributed by atoms with Gasteiger partial charge in [0.2, 0.25) is 0 Å². The molecule has 1 aromatic rings. The Kier molecular flexibility index (Phi) is 16.8. The lowest BCUT2D eigenvalue weighted by Crippen LogP contribution is -2.57. The maximum atomic E-state index is 14.4. The standard InChI is InChI=1S/C40H63N3O9/c1-14-25(8)32-35(44)41(11)29(22-28-20-18-17-19-21-28)38(47)50-33(26(9)15-2)36(45)42(12)31(24(6)7)40(49)52-34(27(10)16-3)37(46)43(13)30(23(4)5)39(48)51-32/h17-21,23-27,29-34H,14-16,22H2,1-13H3. The van der Waals surface area contributed by atoms with Crippen LogP contribution in [0, 0.1) is 29.6 Å². The van der Waals surface area contributed by atoms with Gasteiger partial charge in [-0.2, -0.15) is 0 Å². The Morgan fingerprint density at radius 3 is 1.17 bits per heavy atom. The van der Waals surface area contributed by atoms with Gasteiger partial charge in [0.05, 0.1) is 0 Å². The predicted octanol–water partition coefficient (Wildman–Crippen LogP) is 4.91. The summed E-state index contributed by atoms with van der Waals surface area (Å²) < 4.78 is 18.0. The Morgan fingerprint density at radius 1 is 0.519 bits per heavy atom. The summed E-state index contributed by atoms with van der Waals surface area (Å²) in [6.45, 7) is 17.9. The van der Waals surface area contributed by atoms with Crippen molar-refractivity contribution in [1.82, 2.24) is 14.7 Å². The van der Waals surface area contributed by atoms with Gasteiger partial charge < -0.3 is 28.9 Å². The Labute approximate surface area is 310 Å². The van der Waals surface area contributed by atoms with E-state index in [0.29, 0.717) is 19.3 Å². The average molecular weight is 730 g/mol. The van der Waals surface area contributed by atoms with Crippen molar-refractivity contribution in [2.75, 3.05) is 21.1 Å². The molecule has 292 valence electrons. The number of hydrogen-bond acceptors (Lipinski definition) is 9. The van der Waals surface area contributed by atoms with Gasteiger partial charge in [-0.15, -0.1) is 0 Å². The number of benzene rings is 1. The van der Waals surface area contributed by atoms with E-state index in [4.69, 9.17) is 14.2 Å². The molecule has 2 rings (SSSR count). The second-order valence-electron chi connectivity index (χ2n) is 15.2. The molecule has 0 bridgehead atoms. The molecule has 52 heavy (non-hydrogen) atoms. The number of carbonyl (C=O) groups is 6. The highest BCUT2D eigenvalue weighted by molar-refractivity contribution is 5.94. The zero-order chi connectivity index (χ0) is 39.6. The van der Waals surface area contributed by atoms with Crippen LogP contribution in [-0.2, 0) is 49.4 Å². The van der Waals surface area contributed by atoms with E-state index in [1.165, 1.54) is 35.8 Å². The highest BCUT2D eigenvalue weighted by Gasteiger charge is 2.45. The number of esters is 3. The molecule has 1 heterocycles. The summed E-state index contributed by atoms with van der Waals surface area (Å²) in [6, 6.07) is 5.64. The zero-order valence-corrected chi connectivity index (χ0v) is 33.6. The minimum Gasteiger partial charge on any atom is -0.450 e. The first kappa shape index (κ1) is 44.2. The van der Waals surface area contributed by atoms with Crippen LogP contribution < -0.4 is 0 Å². The van der Waals surface area contributed by atoms with Crippen molar-refractivity contribution in [3.05, 3.63) is 35.9 Å². The lowest BCUT2D eigenvalue weighted by molar-refractivity contribution is -0.181. The van der Waals surface area contributed by atoms with E-state index in [9.17, 15) is 28.8 Å². The van der Waals surface area contributed by atoms with Crippen LogP contribution in [0.1, 0.15) is 94.1 Å². The van der Waals surface area contributed by atoms with Gasteiger partial charge in [-0.1, -0.05) is 99.6 Å². The van der Waals surface area contributed by atoms with Crippen molar-refractivity contribution in [3.63, 3.8) is 0 Å². The van der Waals surface area contributed by atoms with Crippen LogP contribution in [0.15, 0.2) is 30.3 Å². The number of carbonyl (C=O) groups excluding carboxylic acids is 6. The molecule has 0 saturated carbocycles. The molecular weight excluding hydrogens is 666 g/mol. The average Bonchev–Trinajstić information content (AvgIpc) is 3.11. The fraction of sp³-hybridized carbons (Fsp3) is 0.700. The number of hydrogen-bond donors (Lipinski definition) is 0. The van der Waals surface area contributed by atoms with Crippen LogP contribution in [0.5, 0.6) is 0 Å². The summed E-state index contributed by atoms with van der Waals surface area (Å²) in [5.41, 5.74) is 0.741. The number of nitrogens with zero attached hydrogens (tertiary/aromatic N) is 3. The molecule has 9 unspecified atom stereocenters. The van der Waals surface area contributed by atoms with Gasteiger partial charge in [-0.05, 0) is 36.7 Å². The summed E-state index contributed by atoms with van der Waals surface area (Å²) in [5, 5.41) is 0. The largest absolute Gasteiger partial charge is 0.450 e. The van der Waals surface area contributed by atoms with Gasteiger partial charge in [0.1, 0.15) is 18.1 Å². The maximum absolute atomic E-state index is 14.4. The van der Waals surface area contributed by atoms with E-state index in [1.807, 2.05) is 51.1 Å². The van der Waals surface area contributed by atoms with E-state index < -0.39 is 102 Å². The molecule has 9 atom stereocenters. The first-order valence-electron chi connectivity index (χ1n) is 18.8. The molecule has 0 radical (unpaired) electrons. The van der Waals surface area contributed by atoms with Gasteiger partial charge in [-0.3, -0.25) is 14.4 Å². The van der Waals surface area contributed by atoms with Gasteiger partial charge in [0.25, 0.3) is 17.7 Å². The van der Waals surface area contributed by atoms with Gasteiger partial charge in [-0.25, -0.2) is 14.4 Å². The zero-order valence-electron chi connectivity index (χ0n) is 33.6. The van der Waals surface area contributed by atoms with Crippen LogP contribution in [0.3, 0.4) is 0 Å². The Balaban J connectivity index is 2.87. The second-order valence-corrected chi connectivity index (χ2v) is 15.2. The lowest BCUT2D eigenvalue weighted by atomic mass is 9.95. The molecule has 0 N–H and O–H groups in total. The highest BCUT2D eigenvalue weighted by Crippen LogP contribution is 2.26. The van der Waals surface area contributed by atoms with Gasteiger partial charge in [0.15, 0.2) is 18.3 Å². The van der Waals surface area contributed by atoms with Crippen LogP contribution >= 0.6 is 0 Å². The van der Waals surface area contributed by atoms with Crippen molar-refractivity contribution in [2.24, 2.45) is 29.6 Å². The number of rotatable bonds is 10. The molecule has 3 amide bonds. The molecule has 0 spiro atoms. The van der Waals surface area contributed by atoms with Crippen molar-refractivity contribution in [1.29, 1.82) is 0 Å². The number of amides is 3. The predicted molar refractivity (Wildman–Crippen MR) is 198 cm³/mol. The lowest BCUT2D eigenvalue weighted by Gasteiger charge is -2.38. The SMILES string of the molecule is CCC(C)C1OC(=O)C(C(C)C)N(C)C(=O)C(C(C)CC)OC(=O)C(C(C)C)N(C)C(=O)C(C(C)CC)OC(=O)C(Cc2ccccc2)N(C)C1=O. The summed E-state index contributed by atoms with van der Waals surface area (Å²) in [6.07, 6.45) is -2.41. The highest BCUT2D eigenvalue weighted by atomic mass is 16.6. The molecule has 12 heteroatoms. The number of likely N-dealkylation sites (N-methyl/N-ethyl adjacent to an activating group) is 3. The third kappa shape index (κ3) is 10.6. The first-order valence-corrected chi connectivity index (χ1v) is 18.8. The molecule has 1 saturated heterocycles. The molecular formula is C40H63N3O9. The van der Waals surface area contributed by atoms with E-state index in [2.05, 4.69) is 0 Å². The normalized spacial score (nSPS) is 26.8. The summed E-state index contributed by atoms with van der Waals surface area (Å²) in [7, 11) is 4.38. The fourth-order valence-electron chi connectivity index (χ4n) is 6.47. The van der Waals surface area contributed by atoms with E-state index in [-0.39, 0.29) is 6.42 Å². The molecule has 1 aliphatic heterocycles. The molecule has 1 aromatic carbocycles. The van der Waals surface area contributed by atoms with Gasteiger partial charge in [0, 0.05) is 45.3 Å². The first-order chi connectivity index (χ1) is 24.3. The van der Waals surface area contributed by atoms with Crippen LogP contribution in [0.2, 0.25) is 0 Å². The Hall–Kier alpha value is -3.96. The van der Waals surface area contributed by atoms with E-state index >= 15 is 0 Å². The molecule has 0 aliphatic carbocycles. The number of ether oxygens (including phenoxy) is 3.